The minimum Gasteiger partial charge on any atom is -0.460 e. The first-order valence-electron chi connectivity index (χ1n) is 22.1. The van der Waals surface area contributed by atoms with Gasteiger partial charge < -0.3 is 18.0 Å². The van der Waals surface area contributed by atoms with Crippen molar-refractivity contribution in [1.82, 2.24) is 9.13 Å². The first kappa shape index (κ1) is 35.3. The lowest BCUT2D eigenvalue weighted by molar-refractivity contribution is 0.546. The lowest BCUT2D eigenvalue weighted by Gasteiger charge is -2.16. The first-order valence-corrected chi connectivity index (χ1v) is 22.1. The van der Waals surface area contributed by atoms with Crippen molar-refractivity contribution in [2.75, 3.05) is 0 Å². The number of benzene rings is 9. The van der Waals surface area contributed by atoms with Crippen LogP contribution in [0.2, 0.25) is 0 Å². The van der Waals surface area contributed by atoms with Gasteiger partial charge in [0.1, 0.15) is 22.5 Å². The Morgan fingerprint density at radius 3 is 1.42 bits per heavy atom. The highest BCUT2D eigenvalue weighted by Gasteiger charge is 2.23. The fraction of sp³-hybridized carbons (Fsp3) is 0.0333. The van der Waals surface area contributed by atoms with Crippen LogP contribution in [0.3, 0.4) is 0 Å². The van der Waals surface area contributed by atoms with Crippen molar-refractivity contribution in [1.29, 1.82) is 0 Å². The zero-order valence-electron chi connectivity index (χ0n) is 34.8. The molecular weight excluding hydrogens is 781 g/mol. The molecule has 300 valence electrons. The van der Waals surface area contributed by atoms with E-state index in [0.29, 0.717) is 0 Å². The molecule has 4 heteroatoms. The summed E-state index contributed by atoms with van der Waals surface area (Å²) in [5, 5.41) is 8.44. The van der Waals surface area contributed by atoms with E-state index in [1.165, 1.54) is 54.9 Å². The van der Waals surface area contributed by atoms with Gasteiger partial charge in [-0.05, 0) is 125 Å². The van der Waals surface area contributed by atoms with Gasteiger partial charge in [-0.25, -0.2) is 0 Å². The maximum Gasteiger partial charge on any atom is 0.135 e. The number of allylic oxidation sites excluding steroid dienone is 1. The van der Waals surface area contributed by atoms with E-state index >= 15 is 0 Å². The summed E-state index contributed by atoms with van der Waals surface area (Å²) < 4.78 is 17.7. The Morgan fingerprint density at radius 2 is 0.781 bits per heavy atom. The van der Waals surface area contributed by atoms with Gasteiger partial charge in [-0.3, -0.25) is 0 Å². The van der Waals surface area contributed by atoms with Crippen molar-refractivity contribution < 1.29 is 8.83 Å². The van der Waals surface area contributed by atoms with Crippen LogP contribution in [0.5, 0.6) is 0 Å². The van der Waals surface area contributed by atoms with Crippen LogP contribution in [0.1, 0.15) is 17.7 Å². The summed E-state index contributed by atoms with van der Waals surface area (Å²) in [7, 11) is 0. The maximum atomic E-state index is 6.56. The molecule has 0 bridgehead atoms. The van der Waals surface area contributed by atoms with Crippen LogP contribution in [-0.2, 0) is 6.42 Å². The summed E-state index contributed by atoms with van der Waals surface area (Å²) in [5.41, 5.74) is 18.1. The van der Waals surface area contributed by atoms with Crippen molar-refractivity contribution in [2.45, 2.75) is 12.8 Å². The summed E-state index contributed by atoms with van der Waals surface area (Å²) in [6.07, 6.45) is 4.14. The second kappa shape index (κ2) is 13.6. The fourth-order valence-corrected chi connectivity index (χ4v) is 10.6. The van der Waals surface area contributed by atoms with Crippen molar-refractivity contribution in [3.63, 3.8) is 0 Å². The Bertz CT molecular complexity index is 3990. The molecule has 1 aliphatic rings. The SMILES string of the molecule is C1=C(n2c3ccccc3c3ccccc32)CCc2oc3ccc(-c4cccc(-c5cc(-c6ccc7oc8ccccc8c7c6)cc(-n6c7ccccc7c7ccccc76)c5)c4)cc3c21. The number of furan rings is 2. The Morgan fingerprint density at radius 1 is 0.312 bits per heavy atom. The number of aromatic nitrogens is 2. The normalized spacial score (nSPS) is 13.0. The number of hydrogen-bond acceptors (Lipinski definition) is 2. The van der Waals surface area contributed by atoms with E-state index in [-0.39, 0.29) is 0 Å². The third-order valence-corrected chi connectivity index (χ3v) is 13.6. The molecule has 0 radical (unpaired) electrons. The van der Waals surface area contributed by atoms with Gasteiger partial charge in [0.2, 0.25) is 0 Å². The van der Waals surface area contributed by atoms with Gasteiger partial charge in [-0.2, -0.15) is 0 Å². The number of nitrogens with zero attached hydrogens (tertiary/aromatic N) is 2. The van der Waals surface area contributed by atoms with E-state index in [0.717, 1.165) is 90.6 Å². The smallest absolute Gasteiger partial charge is 0.135 e. The molecule has 1 aliphatic carbocycles. The molecule has 0 amide bonds. The molecule has 0 N–H and O–H groups in total. The molecule has 0 aliphatic heterocycles. The van der Waals surface area contributed by atoms with Crippen LogP contribution in [0, 0.1) is 0 Å². The van der Waals surface area contributed by atoms with Gasteiger partial charge >= 0.3 is 0 Å². The molecule has 0 atom stereocenters. The second-order valence-corrected chi connectivity index (χ2v) is 17.2. The Labute approximate surface area is 368 Å². The number of hydrogen-bond donors (Lipinski definition) is 0. The minimum atomic E-state index is 0.857. The number of para-hydroxylation sites is 5. The lowest BCUT2D eigenvalue weighted by atomic mass is 9.94. The van der Waals surface area contributed by atoms with Crippen LogP contribution >= 0.6 is 0 Å². The Hall–Kier alpha value is -8.34. The quantitative estimate of drug-likeness (QED) is 0.173. The van der Waals surface area contributed by atoms with Gasteiger partial charge in [0.25, 0.3) is 0 Å². The van der Waals surface area contributed by atoms with Crippen LogP contribution in [0.25, 0.3) is 127 Å². The molecule has 64 heavy (non-hydrogen) atoms. The molecule has 4 heterocycles. The van der Waals surface area contributed by atoms with Crippen LogP contribution in [-0.4, -0.2) is 9.13 Å². The molecule has 0 unspecified atom stereocenters. The van der Waals surface area contributed by atoms with Gasteiger partial charge in [-0.15, -0.1) is 0 Å². The van der Waals surface area contributed by atoms with Crippen molar-refractivity contribution in [3.8, 4) is 39.1 Å². The van der Waals surface area contributed by atoms with E-state index in [9.17, 15) is 0 Å². The molecule has 13 aromatic rings. The number of fused-ring (bicyclic) bond motifs is 12. The van der Waals surface area contributed by atoms with Crippen LogP contribution < -0.4 is 0 Å². The molecular formula is C60H38N2O2. The summed E-state index contributed by atoms with van der Waals surface area (Å²) in [5.74, 6) is 1.06. The second-order valence-electron chi connectivity index (χ2n) is 17.2. The van der Waals surface area contributed by atoms with E-state index in [1.54, 1.807) is 0 Å². The van der Waals surface area contributed by atoms with Crippen molar-refractivity contribution in [3.05, 3.63) is 212 Å². The number of rotatable bonds is 5. The number of aryl methyl sites for hydroxylation is 1. The van der Waals surface area contributed by atoms with Gasteiger partial charge in [-0.1, -0.05) is 121 Å². The van der Waals surface area contributed by atoms with E-state index in [1.807, 2.05) is 12.1 Å². The zero-order valence-corrected chi connectivity index (χ0v) is 34.8. The van der Waals surface area contributed by atoms with E-state index < -0.39 is 0 Å². The van der Waals surface area contributed by atoms with Gasteiger partial charge in [0, 0.05) is 61.1 Å². The van der Waals surface area contributed by atoms with E-state index in [4.69, 9.17) is 8.83 Å². The summed E-state index contributed by atoms with van der Waals surface area (Å²) in [4.78, 5) is 0. The third kappa shape index (κ3) is 5.29. The van der Waals surface area contributed by atoms with Gasteiger partial charge in [0.15, 0.2) is 0 Å². The summed E-state index contributed by atoms with van der Waals surface area (Å²) in [6.45, 7) is 0. The maximum absolute atomic E-state index is 6.56. The van der Waals surface area contributed by atoms with Crippen molar-refractivity contribution >= 4 is 88.3 Å². The molecule has 4 nitrogen and oxygen atoms in total. The largest absolute Gasteiger partial charge is 0.460 e. The Balaban J connectivity index is 0.921. The highest BCUT2D eigenvalue weighted by atomic mass is 16.3. The lowest BCUT2D eigenvalue weighted by Crippen LogP contribution is -2.03. The van der Waals surface area contributed by atoms with Gasteiger partial charge in [0.05, 0.1) is 22.1 Å². The first-order chi connectivity index (χ1) is 31.7. The highest BCUT2D eigenvalue weighted by Crippen LogP contribution is 2.42. The van der Waals surface area contributed by atoms with Crippen molar-refractivity contribution in [2.24, 2.45) is 0 Å². The standard InChI is InChI=1S/C60H38N2O2/c1-6-19-53-45(14-1)46-15-2-7-20-54(46)61(53)43-26-29-60-52(36-43)51-34-39(24-27-59(51)64-60)37-12-11-13-38(30-37)41-31-42(40-25-28-58-50(35-40)49-18-5-10-23-57(49)63-58)33-44(32-41)62-55-21-8-3-16-47(55)48-17-4-9-22-56(48)62/h1-25,27-28,30-36H,26,29H2. The molecule has 0 fully saturated rings. The molecule has 9 aromatic carbocycles. The predicted molar refractivity (Wildman–Crippen MR) is 266 cm³/mol. The summed E-state index contributed by atoms with van der Waals surface area (Å²) in [6, 6.07) is 72.6. The molecule has 4 aromatic heterocycles. The van der Waals surface area contributed by atoms with Crippen LogP contribution in [0.15, 0.2) is 209 Å². The molecule has 0 saturated heterocycles. The molecule has 0 spiro atoms. The molecule has 14 rings (SSSR count). The average molecular weight is 819 g/mol. The summed E-state index contributed by atoms with van der Waals surface area (Å²) >= 11 is 0. The topological polar surface area (TPSA) is 36.1 Å². The minimum absolute atomic E-state index is 0.857. The van der Waals surface area contributed by atoms with Crippen LogP contribution in [0.4, 0.5) is 0 Å². The third-order valence-electron chi connectivity index (χ3n) is 13.6. The van der Waals surface area contributed by atoms with E-state index in [2.05, 4.69) is 203 Å². The predicted octanol–water partition coefficient (Wildman–Crippen LogP) is 16.5. The zero-order chi connectivity index (χ0) is 41.9. The fourth-order valence-electron chi connectivity index (χ4n) is 10.6. The Kier molecular flexibility index (Phi) is 7.48. The monoisotopic (exact) mass is 818 g/mol. The highest BCUT2D eigenvalue weighted by molar-refractivity contribution is 6.12. The average Bonchev–Trinajstić information content (AvgIpc) is 4.11. The molecule has 0 saturated carbocycles.